The number of nitrogens with zero attached hydrogens (tertiary/aromatic N) is 1. The van der Waals surface area contributed by atoms with Crippen LogP contribution in [0, 0.1) is 50.7 Å². The number of esters is 1. The molecule has 2 heterocycles. The molecule has 1 N–H and O–H groups in total. The van der Waals surface area contributed by atoms with Crippen LogP contribution in [0.1, 0.15) is 148 Å². The molecule has 7 fully saturated rings. The van der Waals surface area contributed by atoms with E-state index in [2.05, 4.69) is 55.4 Å². The van der Waals surface area contributed by atoms with Crippen molar-refractivity contribution in [2.75, 3.05) is 19.7 Å². The molecule has 0 aromatic heterocycles. The van der Waals surface area contributed by atoms with Crippen molar-refractivity contribution in [1.82, 2.24) is 4.90 Å². The minimum absolute atomic E-state index is 0.0223. The maximum atomic E-state index is 13.0. The van der Waals surface area contributed by atoms with Gasteiger partial charge in [-0.15, -0.1) is 0 Å². The molecule has 0 radical (unpaired) electrons. The van der Waals surface area contributed by atoms with Gasteiger partial charge in [-0.2, -0.15) is 0 Å². The molecule has 5 saturated carbocycles. The van der Waals surface area contributed by atoms with Crippen LogP contribution in [0.3, 0.4) is 0 Å². The molecule has 1 amide bonds. The summed E-state index contributed by atoms with van der Waals surface area (Å²) in [7, 11) is -2.11. The lowest BCUT2D eigenvalue weighted by Crippen LogP contribution is -2.61. The van der Waals surface area contributed by atoms with Crippen LogP contribution in [0.5, 0.6) is 0 Å². The van der Waals surface area contributed by atoms with Gasteiger partial charge in [-0.1, -0.05) is 55.4 Å². The third-order valence-electron chi connectivity index (χ3n) is 18.4. The number of hydrogen-bond donors (Lipinski definition) is 1. The smallest absolute Gasteiger partial charge is 0.410 e. The molecular formula is C47H81NO9Si. The van der Waals surface area contributed by atoms with Crippen molar-refractivity contribution in [2.45, 2.75) is 214 Å². The first-order valence-corrected chi connectivity index (χ1v) is 25.9. The molecular weight excluding hydrogens is 751 g/mol. The van der Waals surface area contributed by atoms with Gasteiger partial charge in [0, 0.05) is 18.9 Å². The van der Waals surface area contributed by atoms with E-state index in [-0.39, 0.29) is 57.4 Å². The van der Waals surface area contributed by atoms with Crippen LogP contribution in [0.4, 0.5) is 4.79 Å². The fraction of sp³-hybridized carbons (Fsp3) is 0.957. The largest absolute Gasteiger partial charge is 0.457 e. The second kappa shape index (κ2) is 14.9. The highest BCUT2D eigenvalue weighted by atomic mass is 28.4. The number of hydrogen-bond acceptors (Lipinski definition) is 9. The van der Waals surface area contributed by atoms with Crippen LogP contribution in [0.15, 0.2) is 0 Å². The molecule has 1 unspecified atom stereocenters. The molecule has 0 aromatic rings. The third kappa shape index (κ3) is 6.87. The van der Waals surface area contributed by atoms with Crippen LogP contribution in [0.2, 0.25) is 18.1 Å². The van der Waals surface area contributed by atoms with E-state index in [4.69, 9.17) is 28.1 Å². The van der Waals surface area contributed by atoms with Crippen molar-refractivity contribution in [3.63, 3.8) is 0 Å². The average molecular weight is 832 g/mol. The summed E-state index contributed by atoms with van der Waals surface area (Å²) in [4.78, 5) is 27.2. The molecule has 7 aliphatic rings. The zero-order valence-electron chi connectivity index (χ0n) is 38.8. The summed E-state index contributed by atoms with van der Waals surface area (Å²) >= 11 is 0. The van der Waals surface area contributed by atoms with Crippen molar-refractivity contribution in [1.29, 1.82) is 0 Å². The van der Waals surface area contributed by atoms with Crippen LogP contribution >= 0.6 is 0 Å². The fourth-order valence-corrected chi connectivity index (χ4v) is 18.3. The van der Waals surface area contributed by atoms with E-state index in [0.29, 0.717) is 43.4 Å². The van der Waals surface area contributed by atoms with Crippen molar-refractivity contribution in [3.8, 4) is 0 Å². The Morgan fingerprint density at radius 1 is 0.931 bits per heavy atom. The molecule has 2 saturated heterocycles. The summed E-state index contributed by atoms with van der Waals surface area (Å²) in [5.41, 5.74) is -1.37. The molecule has 14 atom stereocenters. The number of rotatable bonds is 10. The Bertz CT molecular complexity index is 1550. The minimum Gasteiger partial charge on any atom is -0.457 e. The van der Waals surface area contributed by atoms with Gasteiger partial charge < -0.3 is 38.1 Å². The molecule has 2 aliphatic heterocycles. The van der Waals surface area contributed by atoms with Crippen LogP contribution < -0.4 is 0 Å². The van der Waals surface area contributed by atoms with Crippen LogP contribution in [-0.4, -0.2) is 98.1 Å². The van der Waals surface area contributed by atoms with Gasteiger partial charge in [0.1, 0.15) is 5.60 Å². The second-order valence-electron chi connectivity index (χ2n) is 22.9. The zero-order chi connectivity index (χ0) is 42.6. The highest BCUT2D eigenvalue weighted by Crippen LogP contribution is 2.89. The number of carbonyl (C=O) groups excluding carboxylic acids is 2. The zero-order valence-corrected chi connectivity index (χ0v) is 39.8. The lowest BCUT2D eigenvalue weighted by molar-refractivity contribution is -0.246. The molecule has 7 rings (SSSR count). The van der Waals surface area contributed by atoms with Gasteiger partial charge in [0.2, 0.25) is 0 Å². The SMILES string of the molecule is CC[Si](CC)(CC)O[C@H]1[C@H]2O[C@@H]([C@H](OC(C)=O)C(C)(C)O)C[C@@H](C)[C@@H]2[C@@]2(C)CC[C@@]34CC35CC[C@H](O[C@H]3CN(C(=O)OC(C)(C)C)CCO3)C(C)(C)[C@@H]5CC[C@H]4[C@]12C. The summed E-state index contributed by atoms with van der Waals surface area (Å²) < 4.78 is 40.0. The van der Waals surface area contributed by atoms with Gasteiger partial charge in [-0.25, -0.2) is 4.79 Å². The van der Waals surface area contributed by atoms with Crippen LogP contribution in [0.25, 0.3) is 0 Å². The molecule has 0 aromatic carbocycles. The standard InChI is InChI=1S/C47H81NO9Si/c1-15-58(16-2,17-3)57-39-37-36(29(4)26-31(54-37)38(43(11,12)51)53-30(5)49)44(13)22-23-47-28-46(47)21-20-34(42(9,10)32(46)18-19-33(47)45(39,44)14)55-35-27-48(24-25-52-35)40(50)56-41(6,7)8/h29,31-39,51H,15-28H2,1-14H3/t29-,31-,32+,33+,34+,35+,36+,37+,38+,39+,44-,45-,46?,47+/m1/s1. The topological polar surface area (TPSA) is 113 Å². The summed E-state index contributed by atoms with van der Waals surface area (Å²) in [6.45, 7) is 31.5. The van der Waals surface area contributed by atoms with Crippen molar-refractivity contribution >= 4 is 20.4 Å². The van der Waals surface area contributed by atoms with Gasteiger partial charge in [-0.3, -0.25) is 4.79 Å². The van der Waals surface area contributed by atoms with E-state index in [1.165, 1.54) is 39.0 Å². The lowest BCUT2D eigenvalue weighted by atomic mass is 9.41. The summed E-state index contributed by atoms with van der Waals surface area (Å²) in [6.07, 6.45) is 6.92. The maximum Gasteiger partial charge on any atom is 0.410 e. The Balaban J connectivity index is 1.18. The monoisotopic (exact) mass is 832 g/mol. The number of ether oxygens (including phenoxy) is 5. The van der Waals surface area contributed by atoms with Crippen molar-refractivity contribution < 1.29 is 42.8 Å². The van der Waals surface area contributed by atoms with E-state index < -0.39 is 38.0 Å². The summed E-state index contributed by atoms with van der Waals surface area (Å²) in [5, 5.41) is 11.4. The summed E-state index contributed by atoms with van der Waals surface area (Å²) in [5.74, 6) is 1.32. The van der Waals surface area contributed by atoms with E-state index in [0.717, 1.165) is 37.4 Å². The molecule has 10 nitrogen and oxygen atoms in total. The van der Waals surface area contributed by atoms with Crippen LogP contribution in [-0.2, 0) is 32.9 Å². The Labute approximate surface area is 352 Å². The third-order valence-corrected chi connectivity index (χ3v) is 23.0. The number of morpholine rings is 1. The Morgan fingerprint density at radius 3 is 2.17 bits per heavy atom. The van der Waals surface area contributed by atoms with E-state index in [1.54, 1.807) is 18.7 Å². The summed E-state index contributed by atoms with van der Waals surface area (Å²) in [6, 6.07) is 3.24. The van der Waals surface area contributed by atoms with Gasteiger partial charge in [0.25, 0.3) is 0 Å². The Kier molecular flexibility index (Phi) is 11.5. The predicted molar refractivity (Wildman–Crippen MR) is 226 cm³/mol. The minimum atomic E-state index is -2.11. The molecule has 2 spiro atoms. The Morgan fingerprint density at radius 2 is 1.57 bits per heavy atom. The van der Waals surface area contributed by atoms with Gasteiger partial charge in [-0.05, 0) is 149 Å². The molecule has 332 valence electrons. The second-order valence-corrected chi connectivity index (χ2v) is 27.6. The highest BCUT2D eigenvalue weighted by Gasteiger charge is 2.85. The number of amides is 1. The predicted octanol–water partition coefficient (Wildman–Crippen LogP) is 9.51. The first-order chi connectivity index (χ1) is 26.9. The highest BCUT2D eigenvalue weighted by molar-refractivity contribution is 6.73. The number of fused-ring (bicyclic) bond motifs is 4. The first-order valence-electron chi connectivity index (χ1n) is 23.4. The molecule has 0 bridgehead atoms. The number of aliphatic hydroxyl groups is 1. The fourth-order valence-electron chi connectivity index (χ4n) is 15.4. The van der Waals surface area contributed by atoms with E-state index in [1.807, 2.05) is 20.8 Å². The van der Waals surface area contributed by atoms with E-state index in [9.17, 15) is 14.7 Å². The molecule has 58 heavy (non-hydrogen) atoms. The normalized spacial score (nSPS) is 43.8. The van der Waals surface area contributed by atoms with Gasteiger partial charge in [0.05, 0.1) is 43.2 Å². The van der Waals surface area contributed by atoms with Crippen molar-refractivity contribution in [2.24, 2.45) is 50.7 Å². The van der Waals surface area contributed by atoms with Gasteiger partial charge in [0.15, 0.2) is 20.7 Å². The van der Waals surface area contributed by atoms with Crippen molar-refractivity contribution in [3.05, 3.63) is 0 Å². The lowest BCUT2D eigenvalue weighted by Gasteiger charge is -2.64. The maximum absolute atomic E-state index is 13.0. The average Bonchev–Trinajstić information content (AvgIpc) is 3.76. The van der Waals surface area contributed by atoms with E-state index >= 15 is 0 Å². The molecule has 5 aliphatic carbocycles. The quantitative estimate of drug-likeness (QED) is 0.170. The van der Waals surface area contributed by atoms with Gasteiger partial charge >= 0.3 is 12.1 Å². The Hall–Kier alpha value is -1.24. The molecule has 11 heteroatoms. The number of carbonyl (C=O) groups is 2. The first kappa shape index (κ1) is 44.8.